The molecule has 4 nitrogen and oxygen atoms in total. The lowest BCUT2D eigenvalue weighted by atomic mass is 10.2. The van der Waals surface area contributed by atoms with Gasteiger partial charge in [-0.15, -0.1) is 0 Å². The van der Waals surface area contributed by atoms with E-state index in [9.17, 15) is 8.42 Å². The van der Waals surface area contributed by atoms with Crippen LogP contribution in [0.3, 0.4) is 0 Å². The van der Waals surface area contributed by atoms with Crippen molar-refractivity contribution in [2.45, 2.75) is 32.6 Å². The monoisotopic (exact) mass is 352 g/mol. The van der Waals surface area contributed by atoms with Crippen molar-refractivity contribution in [3.63, 3.8) is 0 Å². The average molecular weight is 353 g/mol. The highest BCUT2D eigenvalue weighted by atomic mass is 35.5. The van der Waals surface area contributed by atoms with Gasteiger partial charge in [-0.3, -0.25) is 0 Å². The maximum Gasteiger partial charge on any atom is 0.246 e. The van der Waals surface area contributed by atoms with Gasteiger partial charge in [0.25, 0.3) is 0 Å². The first-order chi connectivity index (χ1) is 9.55. The van der Waals surface area contributed by atoms with Gasteiger partial charge in [0.15, 0.2) is 0 Å². The first kappa shape index (κ1) is 18.6. The van der Waals surface area contributed by atoms with Crippen LogP contribution >= 0.6 is 23.2 Å². The van der Waals surface area contributed by atoms with Crippen molar-refractivity contribution >= 4 is 38.9 Å². The molecular formula is C14H22Cl2N2O2S. The van der Waals surface area contributed by atoms with E-state index in [0.29, 0.717) is 18.8 Å². The van der Waals surface area contributed by atoms with Gasteiger partial charge in [-0.1, -0.05) is 50.9 Å². The Morgan fingerprint density at radius 2 is 1.43 bits per heavy atom. The van der Waals surface area contributed by atoms with E-state index in [2.05, 4.69) is 0 Å². The Morgan fingerprint density at radius 1 is 1.05 bits per heavy atom. The quantitative estimate of drug-likeness (QED) is 0.790. The summed E-state index contributed by atoms with van der Waals surface area (Å²) in [5, 5.41) is 0.107. The van der Waals surface area contributed by atoms with Crippen molar-refractivity contribution < 1.29 is 8.42 Å². The largest absolute Gasteiger partial charge is 0.399 e. The van der Waals surface area contributed by atoms with Crippen LogP contribution in [0.4, 0.5) is 5.69 Å². The Bertz CT molecular complexity index is 568. The van der Waals surface area contributed by atoms with Crippen LogP contribution in [0.1, 0.15) is 27.7 Å². The molecule has 21 heavy (non-hydrogen) atoms. The van der Waals surface area contributed by atoms with Gasteiger partial charge >= 0.3 is 0 Å². The van der Waals surface area contributed by atoms with Crippen LogP contribution in [0.25, 0.3) is 0 Å². The molecule has 0 fully saturated rings. The molecule has 0 unspecified atom stereocenters. The Labute approximate surface area is 137 Å². The molecule has 1 aromatic carbocycles. The molecule has 0 saturated heterocycles. The first-order valence-electron chi connectivity index (χ1n) is 6.80. The summed E-state index contributed by atoms with van der Waals surface area (Å²) in [6.45, 7) is 8.70. The van der Waals surface area contributed by atoms with Gasteiger partial charge in [-0.2, -0.15) is 4.31 Å². The van der Waals surface area contributed by atoms with E-state index in [4.69, 9.17) is 28.9 Å². The SMILES string of the molecule is CC(C)CN(CC(C)C)S(=O)(=O)c1c(Cl)cc(N)cc1Cl. The Balaban J connectivity index is 3.35. The number of rotatable bonds is 6. The number of halogens is 2. The molecule has 0 spiro atoms. The topological polar surface area (TPSA) is 63.4 Å². The van der Waals surface area contributed by atoms with Crippen molar-refractivity contribution in [1.82, 2.24) is 4.31 Å². The van der Waals surface area contributed by atoms with E-state index in [0.717, 1.165) is 0 Å². The van der Waals surface area contributed by atoms with Gasteiger partial charge < -0.3 is 5.73 Å². The minimum Gasteiger partial charge on any atom is -0.399 e. The van der Waals surface area contributed by atoms with Gasteiger partial charge in [0.2, 0.25) is 10.0 Å². The van der Waals surface area contributed by atoms with Crippen molar-refractivity contribution in [3.05, 3.63) is 22.2 Å². The summed E-state index contributed by atoms with van der Waals surface area (Å²) in [5.74, 6) is 0.398. The minimum absolute atomic E-state index is 0.0533. The van der Waals surface area contributed by atoms with E-state index in [-0.39, 0.29) is 26.8 Å². The van der Waals surface area contributed by atoms with Crippen LogP contribution in [0.2, 0.25) is 10.0 Å². The summed E-state index contributed by atoms with van der Waals surface area (Å²) in [7, 11) is -3.76. The molecule has 0 bridgehead atoms. The first-order valence-corrected chi connectivity index (χ1v) is 9.00. The van der Waals surface area contributed by atoms with E-state index in [1.165, 1.54) is 16.4 Å². The van der Waals surface area contributed by atoms with Crippen molar-refractivity contribution in [2.75, 3.05) is 18.8 Å². The van der Waals surface area contributed by atoms with Crippen molar-refractivity contribution in [3.8, 4) is 0 Å². The fourth-order valence-corrected chi connectivity index (χ4v) is 4.99. The van der Waals surface area contributed by atoms with Gasteiger partial charge in [0.1, 0.15) is 4.90 Å². The number of nitrogen functional groups attached to an aromatic ring is 1. The molecule has 0 aromatic heterocycles. The van der Waals surface area contributed by atoms with Gasteiger partial charge in [-0.25, -0.2) is 8.42 Å². The maximum absolute atomic E-state index is 12.9. The summed E-state index contributed by atoms with van der Waals surface area (Å²) in [6.07, 6.45) is 0. The van der Waals surface area contributed by atoms with Crippen LogP contribution in [0.15, 0.2) is 17.0 Å². The number of benzene rings is 1. The summed E-state index contributed by atoms with van der Waals surface area (Å²) in [4.78, 5) is -0.0682. The van der Waals surface area contributed by atoms with Gasteiger partial charge in [0.05, 0.1) is 10.0 Å². The van der Waals surface area contributed by atoms with Crippen LogP contribution in [-0.4, -0.2) is 25.8 Å². The van der Waals surface area contributed by atoms with E-state index in [1.54, 1.807) is 0 Å². The molecule has 0 aliphatic heterocycles. The molecular weight excluding hydrogens is 331 g/mol. The van der Waals surface area contributed by atoms with E-state index < -0.39 is 10.0 Å². The summed E-state index contributed by atoms with van der Waals surface area (Å²) >= 11 is 12.1. The zero-order valence-electron chi connectivity index (χ0n) is 12.7. The third kappa shape index (κ3) is 4.74. The zero-order valence-corrected chi connectivity index (χ0v) is 15.1. The zero-order chi connectivity index (χ0) is 16.4. The number of sulfonamides is 1. The second kappa shape index (κ2) is 7.18. The standard InChI is InChI=1S/C14H22Cl2N2O2S/c1-9(2)7-18(8-10(3)4)21(19,20)14-12(15)5-11(17)6-13(14)16/h5-6,9-10H,7-8,17H2,1-4H3. The number of hydrogen-bond donors (Lipinski definition) is 1. The number of hydrogen-bond acceptors (Lipinski definition) is 3. The molecule has 0 saturated carbocycles. The second-order valence-electron chi connectivity index (χ2n) is 5.92. The van der Waals surface area contributed by atoms with Gasteiger partial charge in [0, 0.05) is 18.8 Å². The highest BCUT2D eigenvalue weighted by molar-refractivity contribution is 7.89. The van der Waals surface area contributed by atoms with Crippen LogP contribution in [0, 0.1) is 11.8 Å². The van der Waals surface area contributed by atoms with Crippen LogP contribution < -0.4 is 5.73 Å². The molecule has 7 heteroatoms. The molecule has 0 aliphatic carbocycles. The highest BCUT2D eigenvalue weighted by Crippen LogP contribution is 2.34. The summed E-state index contributed by atoms with van der Waals surface area (Å²) in [6, 6.07) is 2.81. The lowest BCUT2D eigenvalue weighted by Gasteiger charge is -2.26. The Morgan fingerprint density at radius 3 is 1.76 bits per heavy atom. The van der Waals surface area contributed by atoms with Crippen molar-refractivity contribution in [2.24, 2.45) is 11.8 Å². The average Bonchev–Trinajstić information content (AvgIpc) is 2.24. The molecule has 0 aliphatic rings. The van der Waals surface area contributed by atoms with Crippen LogP contribution in [0.5, 0.6) is 0 Å². The fraction of sp³-hybridized carbons (Fsp3) is 0.571. The van der Waals surface area contributed by atoms with Crippen molar-refractivity contribution in [1.29, 1.82) is 0 Å². The molecule has 120 valence electrons. The molecule has 0 radical (unpaired) electrons. The number of nitrogens with two attached hydrogens (primary N) is 1. The normalized spacial score (nSPS) is 12.6. The minimum atomic E-state index is -3.76. The second-order valence-corrected chi connectivity index (χ2v) is 8.61. The Hall–Kier alpha value is -0.490. The third-order valence-electron chi connectivity index (χ3n) is 2.76. The predicted octanol–water partition coefficient (Wildman–Crippen LogP) is 3.88. The molecule has 0 amide bonds. The number of anilines is 1. The third-order valence-corrected chi connectivity index (χ3v) is 5.51. The predicted molar refractivity (Wildman–Crippen MR) is 89.3 cm³/mol. The summed E-state index contributed by atoms with van der Waals surface area (Å²) in [5.41, 5.74) is 5.97. The number of nitrogens with zero attached hydrogens (tertiary/aromatic N) is 1. The van der Waals surface area contributed by atoms with E-state index >= 15 is 0 Å². The molecule has 2 N–H and O–H groups in total. The molecule has 0 atom stereocenters. The lowest BCUT2D eigenvalue weighted by Crippen LogP contribution is -2.37. The van der Waals surface area contributed by atoms with Crippen LogP contribution in [-0.2, 0) is 10.0 Å². The molecule has 0 heterocycles. The molecule has 1 aromatic rings. The maximum atomic E-state index is 12.9. The van der Waals surface area contributed by atoms with E-state index in [1.807, 2.05) is 27.7 Å². The molecule has 1 rings (SSSR count). The smallest absolute Gasteiger partial charge is 0.246 e. The lowest BCUT2D eigenvalue weighted by molar-refractivity contribution is 0.333. The highest BCUT2D eigenvalue weighted by Gasteiger charge is 2.30. The Kier molecular flexibility index (Phi) is 6.35. The fourth-order valence-electron chi connectivity index (χ4n) is 2.04. The summed E-state index contributed by atoms with van der Waals surface area (Å²) < 4.78 is 27.2. The van der Waals surface area contributed by atoms with Gasteiger partial charge in [-0.05, 0) is 24.0 Å².